The van der Waals surface area contributed by atoms with Crippen molar-refractivity contribution in [3.05, 3.63) is 66.9 Å². The fraction of sp³-hybridized carbons (Fsp3) is 0.250. The molecule has 1 heterocycles. The van der Waals surface area contributed by atoms with Crippen LogP contribution in [-0.4, -0.2) is 41.9 Å². The van der Waals surface area contributed by atoms with E-state index in [9.17, 15) is 0 Å². The Hall–Kier alpha value is -2.30. The quantitative estimate of drug-likeness (QED) is 0.591. The van der Waals surface area contributed by atoms with Crippen molar-refractivity contribution in [1.29, 1.82) is 0 Å². The highest BCUT2D eigenvalue weighted by Crippen LogP contribution is 2.30. The Labute approximate surface area is 155 Å². The molecule has 1 aromatic heterocycles. The fourth-order valence-corrected chi connectivity index (χ4v) is 2.54. The van der Waals surface area contributed by atoms with E-state index in [1.165, 1.54) is 0 Å². The van der Waals surface area contributed by atoms with E-state index in [1.54, 1.807) is 0 Å². The summed E-state index contributed by atoms with van der Waals surface area (Å²) in [5.41, 5.74) is 3.16. The van der Waals surface area contributed by atoms with E-state index in [4.69, 9.17) is 4.74 Å². The van der Waals surface area contributed by atoms with Crippen LogP contribution in [0.4, 0.5) is 0 Å². The second-order valence-corrected chi connectivity index (χ2v) is 6.00. The lowest BCUT2D eigenvalue weighted by molar-refractivity contribution is 0.273. The van der Waals surface area contributed by atoms with Crippen LogP contribution in [-0.2, 0) is 0 Å². The van der Waals surface area contributed by atoms with Gasteiger partial charge >= 0.3 is 0 Å². The summed E-state index contributed by atoms with van der Waals surface area (Å²) in [6, 6.07) is 20.4. The summed E-state index contributed by atoms with van der Waals surface area (Å²) in [7, 11) is 4.14. The van der Waals surface area contributed by atoms with Gasteiger partial charge in [0.05, 0.1) is 17.9 Å². The Kier molecular flexibility index (Phi) is 7.04. The molecule has 132 valence electrons. The van der Waals surface area contributed by atoms with Crippen LogP contribution in [0, 0.1) is 0 Å². The van der Waals surface area contributed by atoms with Crippen LogP contribution in [0.2, 0.25) is 0 Å². The van der Waals surface area contributed by atoms with E-state index in [0.29, 0.717) is 12.5 Å². The lowest BCUT2D eigenvalue weighted by atomic mass is 10.1. The minimum absolute atomic E-state index is 0. The lowest BCUT2D eigenvalue weighted by Crippen LogP contribution is -2.15. The zero-order valence-corrected chi connectivity index (χ0v) is 15.4. The molecule has 0 radical (unpaired) electrons. The van der Waals surface area contributed by atoms with Gasteiger partial charge in [-0.3, -0.25) is 0 Å². The van der Waals surface area contributed by atoms with Crippen molar-refractivity contribution in [2.75, 3.05) is 27.2 Å². The van der Waals surface area contributed by atoms with Gasteiger partial charge in [0.15, 0.2) is 0 Å². The number of ether oxygens (including phenoxy) is 1. The SMILES string of the molecule is CN(C)CCCOc1nn(-c2ccccc2)cc1-c1ccccc1.Cl. The molecule has 5 heteroatoms. The predicted octanol–water partition coefficient (Wildman–Crippen LogP) is 4.29. The zero-order chi connectivity index (χ0) is 16.8. The summed E-state index contributed by atoms with van der Waals surface area (Å²) < 4.78 is 7.86. The molecule has 0 amide bonds. The van der Waals surface area contributed by atoms with Crippen molar-refractivity contribution in [1.82, 2.24) is 14.7 Å². The highest BCUT2D eigenvalue weighted by atomic mass is 35.5. The molecule has 0 fully saturated rings. The van der Waals surface area contributed by atoms with E-state index in [2.05, 4.69) is 36.2 Å². The molecule has 0 N–H and O–H groups in total. The average molecular weight is 358 g/mol. The van der Waals surface area contributed by atoms with E-state index in [1.807, 2.05) is 59.4 Å². The average Bonchev–Trinajstić information content (AvgIpc) is 3.04. The third-order valence-corrected chi connectivity index (χ3v) is 3.77. The first-order chi connectivity index (χ1) is 11.7. The maximum atomic E-state index is 5.99. The number of nitrogens with zero attached hydrogens (tertiary/aromatic N) is 3. The first-order valence-electron chi connectivity index (χ1n) is 8.22. The van der Waals surface area contributed by atoms with Gasteiger partial charge in [0.25, 0.3) is 0 Å². The molecule has 0 spiro atoms. The largest absolute Gasteiger partial charge is 0.476 e. The standard InChI is InChI=1S/C20H23N3O.ClH/c1-22(2)14-9-15-24-20-19(17-10-5-3-6-11-17)16-23(21-20)18-12-7-4-8-13-18;/h3-8,10-13,16H,9,14-15H2,1-2H3;1H. The van der Waals surface area contributed by atoms with Crippen molar-refractivity contribution in [2.45, 2.75) is 6.42 Å². The van der Waals surface area contributed by atoms with Gasteiger partial charge in [0.2, 0.25) is 5.88 Å². The molecule has 25 heavy (non-hydrogen) atoms. The van der Waals surface area contributed by atoms with Crippen LogP contribution in [0.5, 0.6) is 5.88 Å². The Morgan fingerprint density at radius 1 is 0.960 bits per heavy atom. The maximum Gasteiger partial charge on any atom is 0.241 e. The molecule has 4 nitrogen and oxygen atoms in total. The second-order valence-electron chi connectivity index (χ2n) is 6.00. The van der Waals surface area contributed by atoms with E-state index >= 15 is 0 Å². The van der Waals surface area contributed by atoms with Crippen molar-refractivity contribution < 1.29 is 4.74 Å². The Balaban J connectivity index is 0.00000225. The molecule has 0 aliphatic carbocycles. The highest BCUT2D eigenvalue weighted by Gasteiger charge is 2.13. The number of benzene rings is 2. The number of para-hydroxylation sites is 1. The molecular formula is C20H24ClN3O. The first-order valence-corrected chi connectivity index (χ1v) is 8.22. The third-order valence-electron chi connectivity index (χ3n) is 3.77. The molecule has 0 aliphatic heterocycles. The number of hydrogen-bond donors (Lipinski definition) is 0. The van der Waals surface area contributed by atoms with Crippen molar-refractivity contribution in [2.24, 2.45) is 0 Å². The topological polar surface area (TPSA) is 30.3 Å². The summed E-state index contributed by atoms with van der Waals surface area (Å²) in [6.45, 7) is 1.66. The number of rotatable bonds is 7. The van der Waals surface area contributed by atoms with Gasteiger partial charge in [0.1, 0.15) is 0 Å². The van der Waals surface area contributed by atoms with E-state index in [-0.39, 0.29) is 12.4 Å². The van der Waals surface area contributed by atoms with Gasteiger partial charge in [-0.25, -0.2) is 4.68 Å². The molecule has 0 saturated carbocycles. The monoisotopic (exact) mass is 357 g/mol. The van der Waals surface area contributed by atoms with Crippen molar-refractivity contribution >= 4 is 12.4 Å². The van der Waals surface area contributed by atoms with E-state index in [0.717, 1.165) is 29.8 Å². The van der Waals surface area contributed by atoms with Crippen LogP contribution in [0.1, 0.15) is 6.42 Å². The maximum absolute atomic E-state index is 5.99. The molecule has 0 atom stereocenters. The Bertz CT molecular complexity index is 757. The second kappa shape index (κ2) is 9.25. The van der Waals surface area contributed by atoms with E-state index < -0.39 is 0 Å². The molecule has 0 unspecified atom stereocenters. The number of aromatic nitrogens is 2. The Morgan fingerprint density at radius 3 is 2.24 bits per heavy atom. The molecule has 0 aliphatic rings. The summed E-state index contributed by atoms with van der Waals surface area (Å²) in [5, 5.41) is 4.65. The lowest BCUT2D eigenvalue weighted by Gasteiger charge is -2.10. The number of halogens is 1. The van der Waals surface area contributed by atoms with Gasteiger partial charge in [-0.1, -0.05) is 48.5 Å². The van der Waals surface area contributed by atoms with Gasteiger partial charge in [-0.2, -0.15) is 0 Å². The summed E-state index contributed by atoms with van der Waals surface area (Å²) in [4.78, 5) is 2.16. The molecular weight excluding hydrogens is 334 g/mol. The molecule has 0 bridgehead atoms. The predicted molar refractivity (Wildman–Crippen MR) is 105 cm³/mol. The minimum atomic E-state index is 0. The molecule has 3 aromatic rings. The molecule has 3 rings (SSSR count). The van der Waals surface area contributed by atoms with Gasteiger partial charge in [-0.15, -0.1) is 17.5 Å². The summed E-state index contributed by atoms with van der Waals surface area (Å²) in [6.07, 6.45) is 3.01. The highest BCUT2D eigenvalue weighted by molar-refractivity contribution is 5.85. The van der Waals surface area contributed by atoms with Gasteiger partial charge in [0, 0.05) is 12.7 Å². The molecule has 2 aromatic carbocycles. The normalized spacial score (nSPS) is 10.5. The van der Waals surface area contributed by atoms with Crippen molar-refractivity contribution in [3.63, 3.8) is 0 Å². The first kappa shape index (κ1) is 19.0. The Morgan fingerprint density at radius 2 is 1.60 bits per heavy atom. The smallest absolute Gasteiger partial charge is 0.241 e. The van der Waals surface area contributed by atoms with Crippen LogP contribution < -0.4 is 4.74 Å². The van der Waals surface area contributed by atoms with Crippen LogP contribution in [0.25, 0.3) is 16.8 Å². The van der Waals surface area contributed by atoms with Crippen LogP contribution in [0.3, 0.4) is 0 Å². The van der Waals surface area contributed by atoms with Gasteiger partial charge in [-0.05, 0) is 38.2 Å². The van der Waals surface area contributed by atoms with Crippen LogP contribution >= 0.6 is 12.4 Å². The van der Waals surface area contributed by atoms with Crippen molar-refractivity contribution in [3.8, 4) is 22.7 Å². The summed E-state index contributed by atoms with van der Waals surface area (Å²) in [5.74, 6) is 0.684. The van der Waals surface area contributed by atoms with Crippen LogP contribution in [0.15, 0.2) is 66.9 Å². The fourth-order valence-electron chi connectivity index (χ4n) is 2.54. The summed E-state index contributed by atoms with van der Waals surface area (Å²) >= 11 is 0. The molecule has 0 saturated heterocycles. The van der Waals surface area contributed by atoms with Gasteiger partial charge < -0.3 is 9.64 Å². The minimum Gasteiger partial charge on any atom is -0.476 e. The number of hydrogen-bond acceptors (Lipinski definition) is 3. The third kappa shape index (κ3) is 5.08. The zero-order valence-electron chi connectivity index (χ0n) is 14.6.